The highest BCUT2D eigenvalue weighted by molar-refractivity contribution is 9.10. The van der Waals surface area contributed by atoms with Gasteiger partial charge in [0, 0.05) is 17.4 Å². The van der Waals surface area contributed by atoms with Gasteiger partial charge in [0.2, 0.25) is 0 Å². The van der Waals surface area contributed by atoms with E-state index >= 15 is 0 Å². The Morgan fingerprint density at radius 2 is 1.92 bits per heavy atom. The van der Waals surface area contributed by atoms with Crippen LogP contribution in [0.5, 0.6) is 0 Å². The van der Waals surface area contributed by atoms with Crippen LogP contribution in [0, 0.1) is 6.92 Å². The molecule has 0 fully saturated rings. The van der Waals surface area contributed by atoms with E-state index in [1.165, 1.54) is 11.0 Å². The van der Waals surface area contributed by atoms with Gasteiger partial charge in [-0.1, -0.05) is 15.9 Å². The van der Waals surface area contributed by atoms with Gasteiger partial charge in [0.1, 0.15) is 0 Å². The normalized spacial score (nSPS) is 10.5. The lowest BCUT2D eigenvalue weighted by molar-refractivity contribution is -0.143. The van der Waals surface area contributed by atoms with Gasteiger partial charge in [-0.25, -0.2) is 9.59 Å². The fourth-order valence-electron chi connectivity index (χ4n) is 2.37. The van der Waals surface area contributed by atoms with Gasteiger partial charge in [0.25, 0.3) is 0 Å². The van der Waals surface area contributed by atoms with Crippen molar-refractivity contribution in [3.05, 3.63) is 27.7 Å². The van der Waals surface area contributed by atoms with Crippen LogP contribution in [0.1, 0.15) is 49.5 Å². The number of carbonyl (C=O) groups is 3. The van der Waals surface area contributed by atoms with Crippen molar-refractivity contribution >= 4 is 39.6 Å². The Morgan fingerprint density at radius 3 is 2.46 bits per heavy atom. The summed E-state index contributed by atoms with van der Waals surface area (Å²) in [5, 5.41) is 9.51. The summed E-state index contributed by atoms with van der Waals surface area (Å²) in [7, 11) is 0. The van der Waals surface area contributed by atoms with E-state index in [1.807, 2.05) is 0 Å². The molecule has 1 N–H and O–H groups in total. The highest BCUT2D eigenvalue weighted by Crippen LogP contribution is 2.32. The number of ether oxygens (including phenoxy) is 2. The van der Waals surface area contributed by atoms with Gasteiger partial charge < -0.3 is 14.6 Å². The van der Waals surface area contributed by atoms with Gasteiger partial charge in [-0.2, -0.15) is 0 Å². The third kappa shape index (κ3) is 6.01. The number of amides is 1. The molecule has 0 radical (unpaired) electrons. The van der Waals surface area contributed by atoms with E-state index in [9.17, 15) is 19.5 Å². The Balaban J connectivity index is 3.20. The van der Waals surface area contributed by atoms with Gasteiger partial charge in [-0.3, -0.25) is 9.69 Å². The monoisotopic (exact) mass is 429 g/mol. The second-order valence-electron chi connectivity index (χ2n) is 5.87. The molecular weight excluding hydrogens is 406 g/mol. The highest BCUT2D eigenvalue weighted by Gasteiger charge is 2.26. The zero-order chi connectivity index (χ0) is 19.9. The number of nitrogens with zero attached hydrogens (tertiary/aromatic N) is 1. The molecule has 1 amide bonds. The predicted octanol–water partition coefficient (Wildman–Crippen LogP) is 4.15. The maximum atomic E-state index is 12.6. The van der Waals surface area contributed by atoms with Gasteiger partial charge in [-0.15, -0.1) is 0 Å². The minimum atomic E-state index is -1.15. The SMILES string of the molecule is CCOC(=O)CCCN(C(=O)OC(C)C)c1c(C(=O)O)ccc(Br)c1C. The van der Waals surface area contributed by atoms with Crippen molar-refractivity contribution in [3.63, 3.8) is 0 Å². The second kappa shape index (κ2) is 10.2. The second-order valence-corrected chi connectivity index (χ2v) is 6.72. The van der Waals surface area contributed by atoms with E-state index in [2.05, 4.69) is 15.9 Å². The molecule has 0 aliphatic heterocycles. The molecule has 1 aromatic carbocycles. The molecule has 1 aromatic rings. The summed E-state index contributed by atoms with van der Waals surface area (Å²) in [6.45, 7) is 7.26. The van der Waals surface area contributed by atoms with Crippen molar-refractivity contribution in [2.75, 3.05) is 18.1 Å². The molecule has 0 saturated carbocycles. The highest BCUT2D eigenvalue weighted by atomic mass is 79.9. The van der Waals surface area contributed by atoms with Gasteiger partial charge in [0.15, 0.2) is 0 Å². The topological polar surface area (TPSA) is 93.1 Å². The largest absolute Gasteiger partial charge is 0.478 e. The van der Waals surface area contributed by atoms with Crippen molar-refractivity contribution in [1.82, 2.24) is 0 Å². The Kier molecular flexibility index (Phi) is 8.57. The number of halogens is 1. The molecule has 0 aliphatic rings. The van der Waals surface area contributed by atoms with Gasteiger partial charge >= 0.3 is 18.0 Å². The summed E-state index contributed by atoms with van der Waals surface area (Å²) in [6, 6.07) is 3.04. The summed E-state index contributed by atoms with van der Waals surface area (Å²) >= 11 is 3.36. The van der Waals surface area contributed by atoms with Crippen LogP contribution in [0.25, 0.3) is 0 Å². The summed E-state index contributed by atoms with van der Waals surface area (Å²) in [5.74, 6) is -1.52. The molecule has 1 rings (SSSR count). The smallest absolute Gasteiger partial charge is 0.414 e. The van der Waals surface area contributed by atoms with Crippen molar-refractivity contribution in [2.24, 2.45) is 0 Å². The predicted molar refractivity (Wildman–Crippen MR) is 101 cm³/mol. The van der Waals surface area contributed by atoms with Crippen molar-refractivity contribution in [1.29, 1.82) is 0 Å². The van der Waals surface area contributed by atoms with Crippen LogP contribution in [0.4, 0.5) is 10.5 Å². The fourth-order valence-corrected chi connectivity index (χ4v) is 2.69. The summed E-state index contributed by atoms with van der Waals surface area (Å²) in [5.41, 5.74) is 0.839. The molecule has 0 spiro atoms. The average Bonchev–Trinajstić information content (AvgIpc) is 2.54. The number of hydrogen-bond acceptors (Lipinski definition) is 5. The van der Waals surface area contributed by atoms with E-state index in [-0.39, 0.29) is 42.9 Å². The first kappa shape index (κ1) is 22.0. The Labute approximate surface area is 161 Å². The number of rotatable bonds is 8. The van der Waals surface area contributed by atoms with Crippen molar-refractivity contribution in [2.45, 2.75) is 46.6 Å². The third-order valence-corrected chi connectivity index (χ3v) is 4.35. The summed E-state index contributed by atoms with van der Waals surface area (Å²) in [6.07, 6.45) is -0.588. The van der Waals surface area contributed by atoms with Crippen LogP contribution in [0.15, 0.2) is 16.6 Å². The lowest BCUT2D eigenvalue weighted by Gasteiger charge is -2.26. The van der Waals surface area contributed by atoms with Crippen molar-refractivity contribution in [3.8, 4) is 0 Å². The zero-order valence-electron chi connectivity index (χ0n) is 15.4. The molecule has 0 bridgehead atoms. The number of carboxylic acids is 1. The first-order valence-corrected chi connectivity index (χ1v) is 9.14. The first-order valence-electron chi connectivity index (χ1n) is 8.35. The molecule has 8 heteroatoms. The van der Waals surface area contributed by atoms with E-state index < -0.39 is 12.1 Å². The van der Waals surface area contributed by atoms with E-state index in [1.54, 1.807) is 33.8 Å². The minimum absolute atomic E-state index is 0.0115. The number of esters is 1. The maximum absolute atomic E-state index is 12.6. The Morgan fingerprint density at radius 1 is 1.27 bits per heavy atom. The molecule has 0 aromatic heterocycles. The van der Waals surface area contributed by atoms with Crippen LogP contribution in [-0.2, 0) is 14.3 Å². The number of carboxylic acid groups (broad SMARTS) is 1. The number of hydrogen-bond donors (Lipinski definition) is 1. The third-order valence-electron chi connectivity index (χ3n) is 3.49. The number of benzene rings is 1. The maximum Gasteiger partial charge on any atom is 0.414 e. The van der Waals surface area contributed by atoms with Crippen LogP contribution in [0.2, 0.25) is 0 Å². The number of anilines is 1. The van der Waals surface area contributed by atoms with Crippen LogP contribution < -0.4 is 4.90 Å². The minimum Gasteiger partial charge on any atom is -0.478 e. The van der Waals surface area contributed by atoms with Crippen LogP contribution >= 0.6 is 15.9 Å². The Bertz CT molecular complexity index is 674. The molecule has 144 valence electrons. The molecule has 0 saturated heterocycles. The standard InChI is InChI=1S/C18H24BrNO6/c1-5-25-15(21)7-6-10-20(18(24)26-11(2)3)16-12(4)14(19)9-8-13(16)17(22)23/h8-9,11H,5-7,10H2,1-4H3,(H,22,23). The van der Waals surface area contributed by atoms with Gasteiger partial charge in [0.05, 0.1) is 24.0 Å². The molecule has 0 aliphatic carbocycles. The van der Waals surface area contributed by atoms with Crippen molar-refractivity contribution < 1.29 is 29.0 Å². The zero-order valence-corrected chi connectivity index (χ0v) is 17.0. The summed E-state index contributed by atoms with van der Waals surface area (Å²) < 4.78 is 10.8. The molecule has 0 heterocycles. The van der Waals surface area contributed by atoms with E-state index in [0.717, 1.165) is 0 Å². The lowest BCUT2D eigenvalue weighted by Crippen LogP contribution is -2.36. The van der Waals surface area contributed by atoms with Crippen LogP contribution in [0.3, 0.4) is 0 Å². The Hall–Kier alpha value is -2.09. The fraction of sp³-hybridized carbons (Fsp3) is 0.500. The first-order chi connectivity index (χ1) is 12.2. The van der Waals surface area contributed by atoms with Crippen LogP contribution in [-0.4, -0.2) is 42.4 Å². The molecule has 26 heavy (non-hydrogen) atoms. The number of carbonyl (C=O) groups excluding carboxylic acids is 2. The average molecular weight is 430 g/mol. The molecule has 0 unspecified atom stereocenters. The molecular formula is C18H24BrNO6. The van der Waals surface area contributed by atoms with E-state index in [4.69, 9.17) is 9.47 Å². The molecule has 0 atom stereocenters. The van der Waals surface area contributed by atoms with Gasteiger partial charge in [-0.05, 0) is 51.8 Å². The summed E-state index contributed by atoms with van der Waals surface area (Å²) in [4.78, 5) is 37.0. The number of aromatic carboxylic acids is 1. The van der Waals surface area contributed by atoms with E-state index in [0.29, 0.717) is 16.5 Å². The molecule has 7 nitrogen and oxygen atoms in total. The quantitative estimate of drug-likeness (QED) is 0.623. The lowest BCUT2D eigenvalue weighted by atomic mass is 10.1.